The number of nitrogens with two attached hydrogens (primary N) is 1. The Morgan fingerprint density at radius 1 is 1.00 bits per heavy atom. The molecule has 0 aliphatic heterocycles. The van der Waals surface area contributed by atoms with Crippen LogP contribution in [0.5, 0.6) is 5.88 Å². The summed E-state index contributed by atoms with van der Waals surface area (Å²) >= 11 is 4.77. The Morgan fingerprint density at radius 2 is 1.58 bits per heavy atom. The Kier molecular flexibility index (Phi) is 4.26. The van der Waals surface area contributed by atoms with E-state index in [1.54, 1.807) is 0 Å². The Bertz CT molecular complexity index is 1000. The highest BCUT2D eigenvalue weighted by molar-refractivity contribution is 7.71. The van der Waals surface area contributed by atoms with Crippen LogP contribution >= 0.6 is 12.2 Å². The van der Waals surface area contributed by atoms with Crippen LogP contribution in [0.15, 0.2) is 58.3 Å². The summed E-state index contributed by atoms with van der Waals surface area (Å²) in [5.41, 5.74) is 8.63. The Balaban J connectivity index is 1.85. The highest BCUT2D eigenvalue weighted by atomic mass is 32.1. The van der Waals surface area contributed by atoms with E-state index in [-0.39, 0.29) is 16.2 Å². The lowest BCUT2D eigenvalue weighted by molar-refractivity contribution is 0.449. The van der Waals surface area contributed by atoms with E-state index in [2.05, 4.69) is 15.0 Å². The molecule has 2 aromatic carbocycles. The lowest BCUT2D eigenvalue weighted by Gasteiger charge is -2.03. The summed E-state index contributed by atoms with van der Waals surface area (Å²) in [7, 11) is 0. The second-order valence-electron chi connectivity index (χ2n) is 5.10. The van der Waals surface area contributed by atoms with E-state index in [1.165, 1.54) is 6.21 Å². The number of aromatic hydroxyl groups is 1. The van der Waals surface area contributed by atoms with Crippen molar-refractivity contribution in [3.8, 4) is 17.0 Å². The minimum atomic E-state index is -0.501. The molecule has 7 heteroatoms. The van der Waals surface area contributed by atoms with Crippen molar-refractivity contribution in [1.82, 2.24) is 9.97 Å². The molecule has 0 spiro atoms. The summed E-state index contributed by atoms with van der Waals surface area (Å²) in [6.45, 7) is 0. The molecule has 0 atom stereocenters. The molecule has 0 saturated carbocycles. The molecule has 0 radical (unpaired) electrons. The van der Waals surface area contributed by atoms with Crippen molar-refractivity contribution in [3.05, 3.63) is 69.2 Å². The van der Waals surface area contributed by atoms with Gasteiger partial charge in [0, 0.05) is 11.9 Å². The molecule has 0 aliphatic carbocycles. The van der Waals surface area contributed by atoms with Crippen LogP contribution in [0.25, 0.3) is 11.1 Å². The zero-order valence-electron chi connectivity index (χ0n) is 12.5. The van der Waals surface area contributed by atoms with E-state index >= 15 is 0 Å². The fourth-order valence-corrected chi connectivity index (χ4v) is 2.35. The normalized spacial score (nSPS) is 11.0. The first kappa shape index (κ1) is 15.7. The van der Waals surface area contributed by atoms with Gasteiger partial charge < -0.3 is 15.8 Å². The van der Waals surface area contributed by atoms with Gasteiger partial charge in [-0.05, 0) is 47.6 Å². The standard InChI is InChI=1S/C17H14N4O2S/c18-12-5-1-10(2-6-12)11-3-7-13(8-4-11)19-9-14-15(22)20-17(24)21-16(14)23/h1-9H,18H2,(H3,20,21,22,23,24). The van der Waals surface area contributed by atoms with Gasteiger partial charge in [0.2, 0.25) is 5.88 Å². The maximum absolute atomic E-state index is 11.7. The first-order valence-electron chi connectivity index (χ1n) is 7.08. The summed E-state index contributed by atoms with van der Waals surface area (Å²) < 4.78 is 0.0579. The largest absolute Gasteiger partial charge is 0.494 e. The SMILES string of the molecule is Nc1ccc(-c2ccc(N=Cc3c(O)[nH]c(=S)[nH]c3=O)cc2)cc1. The Hall–Kier alpha value is -3.19. The van der Waals surface area contributed by atoms with E-state index in [1.807, 2.05) is 48.5 Å². The number of aromatic amines is 2. The van der Waals surface area contributed by atoms with E-state index in [0.717, 1.165) is 11.1 Å². The van der Waals surface area contributed by atoms with Crippen LogP contribution in [0.1, 0.15) is 5.56 Å². The van der Waals surface area contributed by atoms with Gasteiger partial charge in [0.15, 0.2) is 4.77 Å². The zero-order chi connectivity index (χ0) is 17.1. The maximum atomic E-state index is 11.7. The molecule has 6 nitrogen and oxygen atoms in total. The average Bonchev–Trinajstić information content (AvgIpc) is 2.55. The van der Waals surface area contributed by atoms with E-state index in [0.29, 0.717) is 11.4 Å². The van der Waals surface area contributed by atoms with E-state index < -0.39 is 5.56 Å². The number of hydrogen-bond acceptors (Lipinski definition) is 5. The molecule has 0 aliphatic rings. The van der Waals surface area contributed by atoms with Crippen LogP contribution < -0.4 is 11.3 Å². The van der Waals surface area contributed by atoms with Crippen molar-refractivity contribution < 1.29 is 5.11 Å². The molecule has 0 fully saturated rings. The van der Waals surface area contributed by atoms with Gasteiger partial charge >= 0.3 is 0 Å². The molecule has 0 saturated heterocycles. The number of nitrogens with zero attached hydrogens (tertiary/aromatic N) is 1. The van der Waals surface area contributed by atoms with Gasteiger partial charge in [0.25, 0.3) is 5.56 Å². The average molecular weight is 338 g/mol. The van der Waals surface area contributed by atoms with Crippen molar-refractivity contribution in [2.75, 3.05) is 5.73 Å². The predicted octanol–water partition coefficient (Wildman–Crippen LogP) is 3.14. The lowest BCUT2D eigenvalue weighted by Crippen LogP contribution is -2.13. The number of aromatic nitrogens is 2. The molecule has 0 unspecified atom stereocenters. The summed E-state index contributed by atoms with van der Waals surface area (Å²) in [4.78, 5) is 20.8. The quantitative estimate of drug-likeness (QED) is 0.334. The summed E-state index contributed by atoms with van der Waals surface area (Å²) in [5.74, 6) is -0.314. The van der Waals surface area contributed by atoms with Gasteiger partial charge in [-0.15, -0.1) is 0 Å². The van der Waals surface area contributed by atoms with Crippen LogP contribution in [0, 0.1) is 4.77 Å². The second-order valence-corrected chi connectivity index (χ2v) is 5.51. The van der Waals surface area contributed by atoms with E-state index in [9.17, 15) is 9.90 Å². The predicted molar refractivity (Wildman–Crippen MR) is 97.5 cm³/mol. The topological polar surface area (TPSA) is 107 Å². The van der Waals surface area contributed by atoms with Crippen molar-refractivity contribution in [2.24, 2.45) is 4.99 Å². The molecule has 24 heavy (non-hydrogen) atoms. The van der Waals surface area contributed by atoms with Crippen molar-refractivity contribution >= 4 is 29.8 Å². The molecule has 1 heterocycles. The number of nitrogen functional groups attached to an aromatic ring is 1. The molecule has 3 aromatic rings. The highest BCUT2D eigenvalue weighted by Gasteiger charge is 2.04. The van der Waals surface area contributed by atoms with Crippen LogP contribution in [0.3, 0.4) is 0 Å². The number of H-pyrrole nitrogens is 2. The molecule has 3 rings (SSSR count). The molecule has 1 aromatic heterocycles. The maximum Gasteiger partial charge on any atom is 0.264 e. The van der Waals surface area contributed by atoms with Crippen LogP contribution in [-0.4, -0.2) is 21.3 Å². The molecular formula is C17H14N4O2S. The first-order valence-corrected chi connectivity index (χ1v) is 7.49. The van der Waals surface area contributed by atoms with Gasteiger partial charge in [-0.1, -0.05) is 24.3 Å². The zero-order valence-corrected chi connectivity index (χ0v) is 13.3. The summed E-state index contributed by atoms with van der Waals surface area (Å²) in [6, 6.07) is 15.0. The molecule has 5 N–H and O–H groups in total. The molecule has 120 valence electrons. The third-order valence-corrected chi connectivity index (χ3v) is 3.62. The fraction of sp³-hybridized carbons (Fsp3) is 0. The number of anilines is 1. The third-order valence-electron chi connectivity index (χ3n) is 3.41. The number of nitrogens with one attached hydrogen (secondary N) is 2. The third kappa shape index (κ3) is 3.41. The molecule has 0 amide bonds. The van der Waals surface area contributed by atoms with Crippen molar-refractivity contribution in [2.45, 2.75) is 0 Å². The summed E-state index contributed by atoms with van der Waals surface area (Å²) in [5, 5.41) is 9.72. The minimum absolute atomic E-state index is 0.0196. The minimum Gasteiger partial charge on any atom is -0.494 e. The van der Waals surface area contributed by atoms with Gasteiger partial charge in [-0.3, -0.25) is 14.8 Å². The number of rotatable bonds is 3. The lowest BCUT2D eigenvalue weighted by atomic mass is 10.1. The van der Waals surface area contributed by atoms with E-state index in [4.69, 9.17) is 18.0 Å². The van der Waals surface area contributed by atoms with Gasteiger partial charge in [0.1, 0.15) is 5.56 Å². The van der Waals surface area contributed by atoms with Crippen LogP contribution in [0.4, 0.5) is 11.4 Å². The highest BCUT2D eigenvalue weighted by Crippen LogP contribution is 2.23. The van der Waals surface area contributed by atoms with Gasteiger partial charge in [-0.2, -0.15) is 0 Å². The van der Waals surface area contributed by atoms with Crippen LogP contribution in [0.2, 0.25) is 0 Å². The number of hydrogen-bond donors (Lipinski definition) is 4. The summed E-state index contributed by atoms with van der Waals surface area (Å²) in [6.07, 6.45) is 1.29. The number of aliphatic imine (C=N–C) groups is 1. The second kappa shape index (κ2) is 6.51. The Morgan fingerprint density at radius 3 is 2.17 bits per heavy atom. The van der Waals surface area contributed by atoms with Gasteiger partial charge in [-0.25, -0.2) is 0 Å². The Labute approximate surface area is 142 Å². The fourth-order valence-electron chi connectivity index (χ4n) is 2.16. The molecular weight excluding hydrogens is 324 g/mol. The monoisotopic (exact) mass is 338 g/mol. The van der Waals surface area contributed by atoms with Crippen molar-refractivity contribution in [1.29, 1.82) is 0 Å². The first-order chi connectivity index (χ1) is 11.5. The van der Waals surface area contributed by atoms with Crippen LogP contribution in [-0.2, 0) is 0 Å². The smallest absolute Gasteiger partial charge is 0.264 e. The number of benzene rings is 2. The molecule has 0 bridgehead atoms. The van der Waals surface area contributed by atoms with Crippen molar-refractivity contribution in [3.63, 3.8) is 0 Å². The van der Waals surface area contributed by atoms with Gasteiger partial charge in [0.05, 0.1) is 5.69 Å².